The molecule has 3 aliphatic rings. The first-order chi connectivity index (χ1) is 9.31. The lowest BCUT2D eigenvalue weighted by Gasteiger charge is -2.26. The van der Waals surface area contributed by atoms with Gasteiger partial charge in [-0.05, 0) is 23.6 Å². The summed E-state index contributed by atoms with van der Waals surface area (Å²) in [5.41, 5.74) is 2.20. The maximum atomic E-state index is 9.94. The van der Waals surface area contributed by atoms with Crippen molar-refractivity contribution in [1.29, 1.82) is 0 Å². The van der Waals surface area contributed by atoms with Crippen molar-refractivity contribution in [3.63, 3.8) is 0 Å². The van der Waals surface area contributed by atoms with E-state index >= 15 is 0 Å². The van der Waals surface area contributed by atoms with E-state index in [0.29, 0.717) is 5.75 Å². The van der Waals surface area contributed by atoms with Gasteiger partial charge >= 0.3 is 7.12 Å². The Balaban J connectivity index is 1.57. The van der Waals surface area contributed by atoms with Crippen LogP contribution in [0.1, 0.15) is 11.1 Å². The highest BCUT2D eigenvalue weighted by Gasteiger charge is 2.45. The van der Waals surface area contributed by atoms with Crippen LogP contribution in [0.3, 0.4) is 0 Å². The minimum absolute atomic E-state index is 0.0631. The monoisotopic (exact) mass is 254 g/mol. The van der Waals surface area contributed by atoms with Crippen LogP contribution in [0, 0.1) is 0 Å². The van der Waals surface area contributed by atoms with Crippen molar-refractivity contribution in [3.8, 4) is 5.75 Å². The quantitative estimate of drug-likeness (QED) is 0.781. The molecule has 0 amide bonds. The lowest BCUT2D eigenvalue weighted by molar-refractivity contribution is 0.144. The first kappa shape index (κ1) is 11.3. The smallest absolute Gasteiger partial charge is 0.468 e. The summed E-state index contributed by atoms with van der Waals surface area (Å²) in [6.07, 6.45) is 10.0. The summed E-state index contributed by atoms with van der Waals surface area (Å²) in [4.78, 5) is 0. The molecule has 0 unspecified atom stereocenters. The number of aromatic hydroxyl groups is 1. The van der Waals surface area contributed by atoms with Crippen LogP contribution in [0.2, 0.25) is 5.82 Å². The summed E-state index contributed by atoms with van der Waals surface area (Å²) < 4.78 is 12.1. The molecule has 0 spiro atoms. The third-order valence-corrected chi connectivity index (χ3v) is 4.20. The van der Waals surface area contributed by atoms with Gasteiger partial charge in [0, 0.05) is 12.2 Å². The van der Waals surface area contributed by atoms with Gasteiger partial charge in [0.05, 0.1) is 12.2 Å². The maximum Gasteiger partial charge on any atom is 0.468 e. The minimum atomic E-state index is -0.179. The molecule has 0 radical (unpaired) electrons. The Morgan fingerprint density at radius 3 is 2.58 bits per heavy atom. The van der Waals surface area contributed by atoms with Crippen molar-refractivity contribution in [2.24, 2.45) is 0 Å². The lowest BCUT2D eigenvalue weighted by atomic mass is 9.73. The van der Waals surface area contributed by atoms with Gasteiger partial charge in [-0.15, -0.1) is 0 Å². The standard InChI is InChI=1S/C15H15BO3/c17-13-7-3-4-10-8-14-15(9-12(10)13)19-16(18-14)11-5-1-2-6-11/h1-7,11,14-15,17H,8-9H2/t14-,15+/m0/s1. The van der Waals surface area contributed by atoms with Gasteiger partial charge in [0.25, 0.3) is 0 Å². The second-order valence-electron chi connectivity index (χ2n) is 5.39. The summed E-state index contributed by atoms with van der Waals surface area (Å²) in [7, 11) is -0.179. The Kier molecular flexibility index (Phi) is 2.53. The minimum Gasteiger partial charge on any atom is -0.508 e. The number of phenolic OH excluding ortho intramolecular Hbond substituents is 1. The summed E-state index contributed by atoms with van der Waals surface area (Å²) in [6, 6.07) is 5.70. The summed E-state index contributed by atoms with van der Waals surface area (Å²) in [6.45, 7) is 0. The van der Waals surface area contributed by atoms with E-state index in [1.807, 2.05) is 18.2 Å². The first-order valence-corrected chi connectivity index (χ1v) is 6.77. The van der Waals surface area contributed by atoms with Crippen LogP contribution in [-0.4, -0.2) is 24.4 Å². The highest BCUT2D eigenvalue weighted by molar-refractivity contribution is 6.48. The topological polar surface area (TPSA) is 38.7 Å². The molecule has 1 aromatic rings. The van der Waals surface area contributed by atoms with Gasteiger partial charge in [-0.2, -0.15) is 0 Å². The van der Waals surface area contributed by atoms with E-state index in [2.05, 4.69) is 18.2 Å². The summed E-state index contributed by atoms with van der Waals surface area (Å²) in [5.74, 6) is 0.603. The van der Waals surface area contributed by atoms with Crippen LogP contribution in [-0.2, 0) is 22.2 Å². The molecule has 96 valence electrons. The molecule has 2 atom stereocenters. The van der Waals surface area contributed by atoms with Crippen molar-refractivity contribution >= 4 is 7.12 Å². The molecule has 1 aliphatic heterocycles. The predicted molar refractivity (Wildman–Crippen MR) is 73.0 cm³/mol. The Labute approximate surface area is 112 Å². The lowest BCUT2D eigenvalue weighted by Crippen LogP contribution is -2.32. The number of hydrogen-bond donors (Lipinski definition) is 1. The number of allylic oxidation sites excluding steroid dienone is 4. The van der Waals surface area contributed by atoms with E-state index in [0.717, 1.165) is 18.4 Å². The molecule has 4 rings (SSSR count). The number of rotatable bonds is 1. The zero-order valence-electron chi connectivity index (χ0n) is 10.5. The molecule has 2 aliphatic carbocycles. The summed E-state index contributed by atoms with van der Waals surface area (Å²) in [5, 5.41) is 9.94. The normalized spacial score (nSPS) is 28.7. The van der Waals surface area contributed by atoms with E-state index in [-0.39, 0.29) is 25.1 Å². The molecular formula is C15H15BO3. The molecular weight excluding hydrogens is 239 g/mol. The molecule has 0 aromatic heterocycles. The Hall–Kier alpha value is -1.52. The van der Waals surface area contributed by atoms with E-state index in [4.69, 9.17) is 9.31 Å². The number of benzene rings is 1. The molecule has 1 fully saturated rings. The van der Waals surface area contributed by atoms with E-state index < -0.39 is 0 Å². The Morgan fingerprint density at radius 2 is 1.79 bits per heavy atom. The SMILES string of the molecule is Oc1cccc2c1C[C@H]1OB(C3C=CC=C3)O[C@H]1C2. The second-order valence-corrected chi connectivity index (χ2v) is 5.39. The molecule has 1 saturated heterocycles. The fourth-order valence-electron chi connectivity index (χ4n) is 3.19. The Morgan fingerprint density at radius 1 is 1.05 bits per heavy atom. The van der Waals surface area contributed by atoms with Gasteiger partial charge in [-0.25, -0.2) is 0 Å². The van der Waals surface area contributed by atoms with E-state index in [1.165, 1.54) is 5.56 Å². The number of fused-ring (bicyclic) bond motifs is 2. The largest absolute Gasteiger partial charge is 0.508 e. The third-order valence-electron chi connectivity index (χ3n) is 4.20. The van der Waals surface area contributed by atoms with Crippen LogP contribution < -0.4 is 0 Å². The molecule has 1 N–H and O–H groups in total. The fraction of sp³-hybridized carbons (Fsp3) is 0.333. The first-order valence-electron chi connectivity index (χ1n) is 6.77. The molecule has 1 aromatic carbocycles. The number of hydrogen-bond acceptors (Lipinski definition) is 3. The van der Waals surface area contributed by atoms with E-state index in [1.54, 1.807) is 6.07 Å². The molecule has 0 bridgehead atoms. The zero-order valence-corrected chi connectivity index (χ0v) is 10.5. The van der Waals surface area contributed by atoms with Crippen molar-refractivity contribution in [3.05, 3.63) is 53.6 Å². The highest BCUT2D eigenvalue weighted by Crippen LogP contribution is 2.37. The Bertz CT molecular complexity index is 555. The average molecular weight is 254 g/mol. The molecule has 1 heterocycles. The van der Waals surface area contributed by atoms with Crippen molar-refractivity contribution in [1.82, 2.24) is 0 Å². The van der Waals surface area contributed by atoms with Gasteiger partial charge in [0.1, 0.15) is 5.75 Å². The van der Waals surface area contributed by atoms with Crippen molar-refractivity contribution in [2.75, 3.05) is 0 Å². The zero-order chi connectivity index (χ0) is 12.8. The van der Waals surface area contributed by atoms with Gasteiger partial charge in [-0.3, -0.25) is 0 Å². The van der Waals surface area contributed by atoms with Gasteiger partial charge < -0.3 is 14.4 Å². The summed E-state index contributed by atoms with van der Waals surface area (Å²) >= 11 is 0. The predicted octanol–water partition coefficient (Wildman–Crippen LogP) is 2.26. The highest BCUT2D eigenvalue weighted by atomic mass is 16.7. The molecule has 4 heteroatoms. The van der Waals surface area contributed by atoms with Crippen molar-refractivity contribution < 1.29 is 14.4 Å². The van der Waals surface area contributed by atoms with Crippen LogP contribution in [0.4, 0.5) is 0 Å². The molecule has 3 nitrogen and oxygen atoms in total. The van der Waals surface area contributed by atoms with Crippen LogP contribution in [0.25, 0.3) is 0 Å². The number of phenols is 1. The van der Waals surface area contributed by atoms with Crippen LogP contribution >= 0.6 is 0 Å². The fourth-order valence-corrected chi connectivity index (χ4v) is 3.19. The van der Waals surface area contributed by atoms with Crippen LogP contribution in [0.5, 0.6) is 5.75 Å². The average Bonchev–Trinajstić information content (AvgIpc) is 3.05. The van der Waals surface area contributed by atoms with Crippen molar-refractivity contribution in [2.45, 2.75) is 30.9 Å². The van der Waals surface area contributed by atoms with Crippen LogP contribution in [0.15, 0.2) is 42.5 Å². The molecule has 19 heavy (non-hydrogen) atoms. The third kappa shape index (κ3) is 1.83. The van der Waals surface area contributed by atoms with Gasteiger partial charge in [0.2, 0.25) is 0 Å². The van der Waals surface area contributed by atoms with Gasteiger partial charge in [-0.1, -0.05) is 36.4 Å². The molecule has 0 saturated carbocycles. The van der Waals surface area contributed by atoms with Gasteiger partial charge in [0.15, 0.2) is 0 Å². The maximum absolute atomic E-state index is 9.94. The van der Waals surface area contributed by atoms with E-state index in [9.17, 15) is 5.11 Å². The second kappa shape index (κ2) is 4.25.